The summed E-state index contributed by atoms with van der Waals surface area (Å²) in [6.45, 7) is 0. The van der Waals surface area contributed by atoms with Gasteiger partial charge in [-0.15, -0.1) is 0 Å². The maximum absolute atomic E-state index is 10.1. The molecule has 0 bridgehead atoms. The van der Waals surface area contributed by atoms with Crippen molar-refractivity contribution in [2.45, 2.75) is 0 Å². The molecule has 0 spiro atoms. The zero-order valence-electron chi connectivity index (χ0n) is 70.9. The number of nitrogens with zero attached hydrogens (tertiary/aromatic N) is 12. The third-order valence-corrected chi connectivity index (χ3v) is 24.4. The van der Waals surface area contributed by atoms with E-state index in [0.717, 1.165) is 183 Å². The number of benzene rings is 19. The fourth-order valence-electron chi connectivity index (χ4n) is 17.5. The summed E-state index contributed by atoms with van der Waals surface area (Å²) in [6, 6.07) is 156. The molecule has 19 aromatic carbocycles. The van der Waals surface area contributed by atoms with Crippen LogP contribution < -0.4 is 0 Å². The van der Waals surface area contributed by atoms with Crippen molar-refractivity contribution in [3.8, 4) is 221 Å². The second-order valence-electron chi connectivity index (χ2n) is 32.5. The molecule has 0 amide bonds. The third-order valence-electron chi connectivity index (χ3n) is 24.4. The number of nitriles is 3. The maximum atomic E-state index is 10.1. The molecule has 3 aromatic heterocycles. The molecule has 0 unspecified atom stereocenters. The van der Waals surface area contributed by atoms with Gasteiger partial charge in [0.05, 0.1) is 34.9 Å². The lowest BCUT2D eigenvalue weighted by atomic mass is 9.90. The molecule has 0 aliphatic heterocycles. The molecule has 0 saturated carbocycles. The second-order valence-corrected chi connectivity index (χ2v) is 32.5. The topological polar surface area (TPSA) is 187 Å². The van der Waals surface area contributed by atoms with Crippen molar-refractivity contribution in [1.29, 1.82) is 15.8 Å². The molecule has 12 heteroatoms. The van der Waals surface area contributed by atoms with Crippen molar-refractivity contribution in [1.82, 2.24) is 44.9 Å². The Balaban J connectivity index is 0.560. The summed E-state index contributed by atoms with van der Waals surface area (Å²) in [5, 5.41) is 36.3. The Morgan fingerprint density at radius 2 is 0.364 bits per heavy atom. The Hall–Kier alpha value is -18.5. The van der Waals surface area contributed by atoms with Gasteiger partial charge in [-0.25, -0.2) is 44.9 Å². The van der Waals surface area contributed by atoms with Crippen molar-refractivity contribution in [3.63, 3.8) is 0 Å². The van der Waals surface area contributed by atoms with Gasteiger partial charge in [-0.05, 0) is 194 Å². The summed E-state index contributed by atoms with van der Waals surface area (Å²) in [6.07, 6.45) is 0. The average molecular weight is 1680 g/mol. The molecule has 0 saturated heterocycles. The normalized spacial score (nSPS) is 11.2. The quantitative estimate of drug-likeness (QED) is 0.0792. The van der Waals surface area contributed by atoms with Crippen LogP contribution in [-0.4, -0.2) is 44.9 Å². The molecule has 22 aromatic rings. The Morgan fingerprint density at radius 1 is 0.136 bits per heavy atom. The van der Waals surface area contributed by atoms with Gasteiger partial charge in [-0.1, -0.05) is 370 Å². The minimum atomic E-state index is 0.543. The monoisotopic (exact) mass is 1680 g/mol. The minimum absolute atomic E-state index is 0.543. The number of aromatic nitrogens is 9. The predicted octanol–water partition coefficient (Wildman–Crippen LogP) is 29.3. The van der Waals surface area contributed by atoms with Crippen LogP contribution in [0.15, 0.2) is 437 Å². The van der Waals surface area contributed by atoms with Crippen LogP contribution in [0.3, 0.4) is 0 Å². The largest absolute Gasteiger partial charge is 0.208 e. The molecule has 3 heterocycles. The Kier molecular flexibility index (Phi) is 20.9. The van der Waals surface area contributed by atoms with Gasteiger partial charge in [-0.3, -0.25) is 0 Å². The van der Waals surface area contributed by atoms with Crippen molar-refractivity contribution in [2.75, 3.05) is 0 Å². The molecular formula is C120H72N12. The SMILES string of the molecule is N#Cc1ccc(-c2cc(-c3ccc(-c4nc(-c5ccccc5)nc(-c5ccc(-c6ccc7c(-c8ccccc8C#N)cccc7c6)cc5)n4)cc3)cc3cc(-c4ccc(-c5nc(-c6ccccc6)nc(-c6ccc(-c7ccc8c(-c9ccc(-c%10ccccc%10C#N)cc9)cc(-c9ccc(-c%10nc(-c%11ccccc%11)nc(-c%11ccccc%11)n%10)cc9)cc8c7)cc6)n5)cc4)ccc23)cc1. The fourth-order valence-corrected chi connectivity index (χ4v) is 17.5. The maximum Gasteiger partial charge on any atom is 0.164 e. The van der Waals surface area contributed by atoms with E-state index in [4.69, 9.17) is 44.9 Å². The first-order valence-corrected chi connectivity index (χ1v) is 43.5. The van der Waals surface area contributed by atoms with Gasteiger partial charge in [0.25, 0.3) is 0 Å². The first-order chi connectivity index (χ1) is 65.2. The predicted molar refractivity (Wildman–Crippen MR) is 531 cm³/mol. The molecule has 0 N–H and O–H groups in total. The lowest BCUT2D eigenvalue weighted by Crippen LogP contribution is -2.00. The molecule has 0 radical (unpaired) electrons. The van der Waals surface area contributed by atoms with Gasteiger partial charge in [0.2, 0.25) is 0 Å². The van der Waals surface area contributed by atoms with Crippen molar-refractivity contribution in [3.05, 3.63) is 453 Å². The summed E-state index contributed by atoms with van der Waals surface area (Å²) in [4.78, 5) is 46.0. The molecule has 0 aliphatic rings. The van der Waals surface area contributed by atoms with Crippen molar-refractivity contribution in [2.24, 2.45) is 0 Å². The van der Waals surface area contributed by atoms with Crippen LogP contribution >= 0.6 is 0 Å². The first kappa shape index (κ1) is 79.4. The zero-order chi connectivity index (χ0) is 88.4. The number of fused-ring (bicyclic) bond motifs is 3. The van der Waals surface area contributed by atoms with Crippen LogP contribution in [0.1, 0.15) is 16.7 Å². The van der Waals surface area contributed by atoms with Crippen LogP contribution in [0.4, 0.5) is 0 Å². The molecule has 22 rings (SSSR count). The van der Waals surface area contributed by atoms with Crippen molar-refractivity contribution < 1.29 is 0 Å². The van der Waals surface area contributed by atoms with E-state index in [1.807, 2.05) is 200 Å². The molecule has 612 valence electrons. The van der Waals surface area contributed by atoms with Gasteiger partial charge in [0, 0.05) is 55.6 Å². The highest BCUT2D eigenvalue weighted by Crippen LogP contribution is 2.43. The Bertz CT molecular complexity index is 8270. The van der Waals surface area contributed by atoms with Crippen LogP contribution in [0, 0.1) is 34.0 Å². The zero-order valence-corrected chi connectivity index (χ0v) is 70.9. The van der Waals surface area contributed by atoms with E-state index in [2.05, 4.69) is 255 Å². The van der Waals surface area contributed by atoms with Crippen LogP contribution in [-0.2, 0) is 0 Å². The van der Waals surface area contributed by atoms with Gasteiger partial charge >= 0.3 is 0 Å². The summed E-state index contributed by atoms with van der Waals surface area (Å²) >= 11 is 0. The first-order valence-electron chi connectivity index (χ1n) is 43.5. The fraction of sp³-hybridized carbons (Fsp3) is 0. The van der Waals surface area contributed by atoms with E-state index in [1.54, 1.807) is 0 Å². The number of hydrogen-bond acceptors (Lipinski definition) is 12. The summed E-state index contributed by atoms with van der Waals surface area (Å²) < 4.78 is 0. The van der Waals surface area contributed by atoms with E-state index in [9.17, 15) is 15.8 Å². The smallest absolute Gasteiger partial charge is 0.164 e. The molecule has 0 aliphatic carbocycles. The average Bonchev–Trinajstić information content (AvgIpc) is 0.747. The lowest BCUT2D eigenvalue weighted by Gasteiger charge is -2.14. The molecule has 132 heavy (non-hydrogen) atoms. The lowest BCUT2D eigenvalue weighted by molar-refractivity contribution is 1.07. The summed E-state index contributed by atoms with van der Waals surface area (Å²) in [7, 11) is 0. The Labute approximate surface area is 762 Å². The van der Waals surface area contributed by atoms with Gasteiger partial charge in [0.15, 0.2) is 52.4 Å². The van der Waals surface area contributed by atoms with Gasteiger partial charge in [-0.2, -0.15) is 15.8 Å². The van der Waals surface area contributed by atoms with Crippen LogP contribution in [0.25, 0.3) is 235 Å². The summed E-state index contributed by atoms with van der Waals surface area (Å²) in [5.41, 5.74) is 27.9. The highest BCUT2D eigenvalue weighted by Gasteiger charge is 2.22. The van der Waals surface area contributed by atoms with E-state index >= 15 is 0 Å². The molecule has 0 fully saturated rings. The molecular weight excluding hydrogens is 1610 g/mol. The van der Waals surface area contributed by atoms with Gasteiger partial charge in [0.1, 0.15) is 0 Å². The number of rotatable bonds is 18. The van der Waals surface area contributed by atoms with E-state index in [-0.39, 0.29) is 0 Å². The highest BCUT2D eigenvalue weighted by molar-refractivity contribution is 6.05. The molecule has 0 atom stereocenters. The second kappa shape index (κ2) is 34.8. The third kappa shape index (κ3) is 15.9. The van der Waals surface area contributed by atoms with Crippen molar-refractivity contribution >= 4 is 32.3 Å². The Morgan fingerprint density at radius 3 is 0.689 bits per heavy atom. The minimum Gasteiger partial charge on any atom is -0.208 e. The van der Waals surface area contributed by atoms with Gasteiger partial charge < -0.3 is 0 Å². The number of hydrogen-bond donors (Lipinski definition) is 0. The highest BCUT2D eigenvalue weighted by atomic mass is 15.1. The van der Waals surface area contributed by atoms with E-state index < -0.39 is 0 Å². The summed E-state index contributed by atoms with van der Waals surface area (Å²) in [5.74, 6) is 5.10. The van der Waals surface area contributed by atoms with E-state index in [1.165, 1.54) is 0 Å². The van der Waals surface area contributed by atoms with Crippen LogP contribution in [0.5, 0.6) is 0 Å². The van der Waals surface area contributed by atoms with E-state index in [0.29, 0.717) is 69.1 Å². The van der Waals surface area contributed by atoms with Crippen LogP contribution in [0.2, 0.25) is 0 Å². The standard InChI is InChI=1S/C120H72N12/c121-73-76-32-34-83(35-33-76)110-71-100(80-44-58-93(59-45-80)120-130-115(88-24-11-4-12-25-88)129-117(132-120)89-50-36-77(37-51-89)94-60-63-106-97(66-94)28-17-31-109(106)105-30-16-14-27-99(105)75-123)69-102-67-95(61-64-107(102)110)78-38-52-90(53-39-78)118-127-114(87-22-9-3-10-23-87)128-119(131-118)91-54-40-79(41-55-91)96-62-65-108-103(68-96)70-101(72-111(108)84-48-46-82(47-49-84)104-29-15-13-26-98(104)74-122)81-42-56-92(57-43-81)116-125-112(85-18-5-1-6-19-85)124-113(126-116)86-20-7-2-8-21-86/h1-72H. The molecule has 12 nitrogen and oxygen atoms in total.